The number of hydrogen-bond donors (Lipinski definition) is 2. The van der Waals surface area contributed by atoms with Crippen molar-refractivity contribution in [3.63, 3.8) is 0 Å². The molecule has 2 rings (SSSR count). The van der Waals surface area contributed by atoms with Crippen LogP contribution in [0.3, 0.4) is 0 Å². The molecule has 6 heteroatoms. The summed E-state index contributed by atoms with van der Waals surface area (Å²) in [5.74, 6) is 0.680. The molecule has 124 valence electrons. The summed E-state index contributed by atoms with van der Waals surface area (Å²) < 4.78 is 0. The molecule has 22 heavy (non-hydrogen) atoms. The average Bonchev–Trinajstić information content (AvgIpc) is 2.84. The molecule has 0 amide bonds. The van der Waals surface area contributed by atoms with Gasteiger partial charge in [-0.25, -0.2) is 0 Å². The second-order valence-electron chi connectivity index (χ2n) is 6.12. The van der Waals surface area contributed by atoms with Crippen molar-refractivity contribution in [3.05, 3.63) is 33.8 Å². The predicted octanol–water partition coefficient (Wildman–Crippen LogP) is 1.96. The fourth-order valence-electron chi connectivity index (χ4n) is 3.13. The lowest BCUT2D eigenvalue weighted by atomic mass is 9.96. The number of likely N-dealkylation sites (tertiary alicyclic amines) is 1. The normalized spacial score (nSPS) is 22.6. The van der Waals surface area contributed by atoms with Crippen molar-refractivity contribution in [3.8, 4) is 0 Å². The summed E-state index contributed by atoms with van der Waals surface area (Å²) in [6.45, 7) is 4.48. The van der Waals surface area contributed by atoms with Crippen LogP contribution in [0.15, 0.2) is 18.2 Å². The van der Waals surface area contributed by atoms with E-state index < -0.39 is 0 Å². The quantitative estimate of drug-likeness (QED) is 0.792. The number of nitrogens with zero attached hydrogens (tertiary/aromatic N) is 2. The van der Waals surface area contributed by atoms with Crippen molar-refractivity contribution in [1.82, 2.24) is 9.80 Å². The van der Waals surface area contributed by atoms with Crippen LogP contribution in [0.25, 0.3) is 0 Å². The average molecular weight is 347 g/mol. The molecule has 1 saturated heterocycles. The summed E-state index contributed by atoms with van der Waals surface area (Å²) in [5.41, 5.74) is 1.06. The van der Waals surface area contributed by atoms with Gasteiger partial charge in [-0.05, 0) is 36.6 Å². The number of hydrogen-bond acceptors (Lipinski definition) is 4. The minimum Gasteiger partial charge on any atom is -0.396 e. The number of benzene rings is 1. The topological polar surface area (TPSA) is 46.9 Å². The van der Waals surface area contributed by atoms with Crippen LogP contribution >= 0.6 is 23.2 Å². The lowest BCUT2D eigenvalue weighted by molar-refractivity contribution is 0.160. The van der Waals surface area contributed by atoms with E-state index in [2.05, 4.69) is 9.80 Å². The zero-order chi connectivity index (χ0) is 16.1. The molecule has 1 aromatic carbocycles. The Bertz CT molecular complexity index is 487. The van der Waals surface area contributed by atoms with Gasteiger partial charge in [-0.2, -0.15) is 0 Å². The third-order valence-corrected chi connectivity index (χ3v) is 4.91. The van der Waals surface area contributed by atoms with E-state index in [1.807, 2.05) is 19.2 Å². The van der Waals surface area contributed by atoms with Gasteiger partial charge in [-0.1, -0.05) is 29.3 Å². The maximum absolute atomic E-state index is 9.62. The van der Waals surface area contributed by atoms with Gasteiger partial charge in [0, 0.05) is 49.4 Å². The monoisotopic (exact) mass is 346 g/mol. The molecule has 1 heterocycles. The van der Waals surface area contributed by atoms with Crippen molar-refractivity contribution in [2.75, 3.05) is 46.4 Å². The van der Waals surface area contributed by atoms with Gasteiger partial charge in [0.15, 0.2) is 0 Å². The van der Waals surface area contributed by atoms with Gasteiger partial charge >= 0.3 is 0 Å². The highest BCUT2D eigenvalue weighted by Crippen LogP contribution is 2.28. The van der Waals surface area contributed by atoms with Crippen LogP contribution in [-0.2, 0) is 6.54 Å². The zero-order valence-corrected chi connectivity index (χ0v) is 14.4. The van der Waals surface area contributed by atoms with E-state index in [4.69, 9.17) is 28.3 Å². The van der Waals surface area contributed by atoms with E-state index in [9.17, 15) is 5.11 Å². The number of halogens is 2. The first-order valence-corrected chi connectivity index (χ1v) is 8.35. The van der Waals surface area contributed by atoms with Crippen LogP contribution in [0.5, 0.6) is 0 Å². The highest BCUT2D eigenvalue weighted by molar-refractivity contribution is 6.35. The molecule has 0 bridgehead atoms. The fraction of sp³-hybridized carbons (Fsp3) is 0.625. The molecule has 0 aliphatic carbocycles. The molecule has 2 N–H and O–H groups in total. The highest BCUT2D eigenvalue weighted by atomic mass is 35.5. The minimum absolute atomic E-state index is 0.164. The van der Waals surface area contributed by atoms with Gasteiger partial charge in [0.25, 0.3) is 0 Å². The third kappa shape index (κ3) is 4.82. The smallest absolute Gasteiger partial charge is 0.0558 e. The van der Waals surface area contributed by atoms with E-state index in [0.717, 1.165) is 31.7 Å². The zero-order valence-electron chi connectivity index (χ0n) is 12.9. The Labute approximate surface area is 142 Å². The fourth-order valence-corrected chi connectivity index (χ4v) is 3.60. The molecule has 0 spiro atoms. The van der Waals surface area contributed by atoms with Crippen LogP contribution < -0.4 is 0 Å². The van der Waals surface area contributed by atoms with Crippen molar-refractivity contribution in [1.29, 1.82) is 0 Å². The first kappa shape index (κ1) is 18.0. The number of rotatable bonds is 7. The van der Waals surface area contributed by atoms with Crippen LogP contribution in [0.2, 0.25) is 10.0 Å². The van der Waals surface area contributed by atoms with Crippen molar-refractivity contribution < 1.29 is 10.2 Å². The number of aliphatic hydroxyl groups is 2. The molecule has 2 atom stereocenters. The molecule has 1 aliphatic heterocycles. The van der Waals surface area contributed by atoms with Crippen LogP contribution in [0, 0.1) is 11.8 Å². The summed E-state index contributed by atoms with van der Waals surface area (Å²) >= 11 is 12.2. The Morgan fingerprint density at radius 3 is 2.59 bits per heavy atom. The summed E-state index contributed by atoms with van der Waals surface area (Å²) in [6.07, 6.45) is 0. The highest BCUT2D eigenvalue weighted by Gasteiger charge is 2.32. The van der Waals surface area contributed by atoms with Crippen LogP contribution in [-0.4, -0.2) is 66.5 Å². The Morgan fingerprint density at radius 1 is 1.23 bits per heavy atom. The molecular formula is C16H24Cl2N2O2. The van der Waals surface area contributed by atoms with E-state index in [1.165, 1.54) is 0 Å². The van der Waals surface area contributed by atoms with Crippen LogP contribution in [0.4, 0.5) is 0 Å². The number of likely N-dealkylation sites (N-methyl/N-ethyl adjacent to an activating group) is 1. The third-order valence-electron chi connectivity index (χ3n) is 4.32. The van der Waals surface area contributed by atoms with Crippen molar-refractivity contribution >= 4 is 23.2 Å². The van der Waals surface area contributed by atoms with Gasteiger partial charge in [0.2, 0.25) is 0 Å². The molecule has 4 nitrogen and oxygen atoms in total. The predicted molar refractivity (Wildman–Crippen MR) is 90.4 cm³/mol. The maximum Gasteiger partial charge on any atom is 0.0558 e. The first-order valence-electron chi connectivity index (χ1n) is 7.60. The Balaban J connectivity index is 1.96. The van der Waals surface area contributed by atoms with Gasteiger partial charge in [0.1, 0.15) is 0 Å². The Morgan fingerprint density at radius 2 is 1.95 bits per heavy atom. The molecule has 1 aromatic rings. The number of aliphatic hydroxyl groups excluding tert-OH is 2. The van der Waals surface area contributed by atoms with E-state index in [-0.39, 0.29) is 19.1 Å². The van der Waals surface area contributed by atoms with Gasteiger partial charge < -0.3 is 15.1 Å². The Hall–Kier alpha value is -0.360. The minimum atomic E-state index is 0.164. The molecule has 1 aliphatic rings. The molecule has 1 fully saturated rings. The van der Waals surface area contributed by atoms with Gasteiger partial charge in [-0.15, -0.1) is 0 Å². The molecule has 0 aromatic heterocycles. The molecular weight excluding hydrogens is 323 g/mol. The molecule has 0 saturated carbocycles. The second kappa shape index (κ2) is 8.48. The standard InChI is InChI=1S/C16H24Cl2N2O2/c1-19(4-5-21)7-13-9-20(10-14(13)11-22)8-12-2-3-15(17)6-16(12)18/h2-3,6,13-14,21-22H,4-5,7-11H2,1H3/t13-,14-/m1/s1. The Kier molecular flexibility index (Phi) is 6.93. The summed E-state index contributed by atoms with van der Waals surface area (Å²) in [6, 6.07) is 5.59. The SMILES string of the molecule is CN(CCO)C[C@@H]1CN(Cc2ccc(Cl)cc2Cl)C[C@@H]1CO. The van der Waals surface area contributed by atoms with Crippen molar-refractivity contribution in [2.45, 2.75) is 6.54 Å². The summed E-state index contributed by atoms with van der Waals surface area (Å²) in [5, 5.41) is 20.0. The van der Waals surface area contributed by atoms with Gasteiger partial charge in [0.05, 0.1) is 6.61 Å². The second-order valence-corrected chi connectivity index (χ2v) is 6.96. The van der Waals surface area contributed by atoms with E-state index >= 15 is 0 Å². The van der Waals surface area contributed by atoms with E-state index in [0.29, 0.717) is 22.5 Å². The summed E-state index contributed by atoms with van der Waals surface area (Å²) in [4.78, 5) is 4.44. The van der Waals surface area contributed by atoms with Crippen LogP contribution in [0.1, 0.15) is 5.56 Å². The molecule has 0 unspecified atom stereocenters. The van der Waals surface area contributed by atoms with Crippen molar-refractivity contribution in [2.24, 2.45) is 11.8 Å². The molecule has 0 radical (unpaired) electrons. The van der Waals surface area contributed by atoms with E-state index in [1.54, 1.807) is 6.07 Å². The first-order chi connectivity index (χ1) is 10.5. The van der Waals surface area contributed by atoms with Gasteiger partial charge in [-0.3, -0.25) is 4.90 Å². The lowest BCUT2D eigenvalue weighted by Crippen LogP contribution is -2.32. The largest absolute Gasteiger partial charge is 0.396 e. The maximum atomic E-state index is 9.62. The lowest BCUT2D eigenvalue weighted by Gasteiger charge is -2.23. The summed E-state index contributed by atoms with van der Waals surface area (Å²) in [7, 11) is 2.00.